The van der Waals surface area contributed by atoms with Crippen molar-refractivity contribution < 1.29 is 4.79 Å². The molecule has 0 heterocycles. The number of halogens is 1. The maximum absolute atomic E-state index is 12.4. The molecular formula is C16H15ClN2O. The molecule has 4 rings (SSSR count). The Balaban J connectivity index is 1.51. The molecule has 1 amide bonds. The first-order chi connectivity index (χ1) is 9.69. The number of nitriles is 1. The second-order valence-electron chi connectivity index (χ2n) is 6.31. The van der Waals surface area contributed by atoms with Crippen LogP contribution in [0.4, 0.5) is 5.69 Å². The van der Waals surface area contributed by atoms with Gasteiger partial charge in [0, 0.05) is 5.92 Å². The molecule has 102 valence electrons. The number of anilines is 1. The van der Waals surface area contributed by atoms with E-state index in [1.54, 1.807) is 18.2 Å². The molecule has 0 aromatic heterocycles. The molecule has 0 saturated heterocycles. The minimum absolute atomic E-state index is 0.0913. The van der Waals surface area contributed by atoms with Crippen molar-refractivity contribution in [2.45, 2.75) is 19.3 Å². The molecule has 0 spiro atoms. The quantitative estimate of drug-likeness (QED) is 0.905. The zero-order valence-corrected chi connectivity index (χ0v) is 11.7. The van der Waals surface area contributed by atoms with Crippen LogP contribution < -0.4 is 5.32 Å². The third-order valence-corrected chi connectivity index (χ3v) is 5.72. The molecule has 1 aromatic carbocycles. The maximum Gasteiger partial charge on any atom is 0.228 e. The van der Waals surface area contributed by atoms with Crippen LogP contribution in [0.3, 0.4) is 0 Å². The Bertz CT molecular complexity index is 620. The average Bonchev–Trinajstić information content (AvgIpc) is 2.90. The molecule has 1 N–H and O–H groups in total. The third-order valence-electron chi connectivity index (χ3n) is 5.39. The minimum atomic E-state index is 0.0913. The largest absolute Gasteiger partial charge is 0.324 e. The van der Waals surface area contributed by atoms with Crippen molar-refractivity contribution in [2.24, 2.45) is 29.6 Å². The zero-order chi connectivity index (χ0) is 13.9. The van der Waals surface area contributed by atoms with Crippen molar-refractivity contribution in [3.05, 3.63) is 28.8 Å². The van der Waals surface area contributed by atoms with Crippen LogP contribution >= 0.6 is 11.6 Å². The van der Waals surface area contributed by atoms with Gasteiger partial charge in [0.1, 0.15) is 0 Å². The van der Waals surface area contributed by atoms with Crippen LogP contribution in [-0.2, 0) is 4.79 Å². The van der Waals surface area contributed by atoms with Crippen molar-refractivity contribution in [1.82, 2.24) is 0 Å². The summed E-state index contributed by atoms with van der Waals surface area (Å²) in [6.07, 6.45) is 3.95. The van der Waals surface area contributed by atoms with Gasteiger partial charge < -0.3 is 5.32 Å². The van der Waals surface area contributed by atoms with E-state index in [1.807, 2.05) is 0 Å². The van der Waals surface area contributed by atoms with E-state index in [4.69, 9.17) is 16.9 Å². The van der Waals surface area contributed by atoms with Gasteiger partial charge in [0.05, 0.1) is 22.3 Å². The SMILES string of the molecule is N#Cc1ccc(Cl)c(NC(=O)C2C3C4CCC(C4)C23)c1. The first kappa shape index (κ1) is 12.2. The standard InChI is InChI=1S/C16H15ClN2O/c17-11-4-1-8(7-18)5-12(11)19-16(20)15-13-9-2-3-10(6-9)14(13)15/h1,4-5,9-10,13-15H,2-3,6H2,(H,19,20). The lowest BCUT2D eigenvalue weighted by Crippen LogP contribution is -2.18. The van der Waals surface area contributed by atoms with E-state index in [-0.39, 0.29) is 11.8 Å². The van der Waals surface area contributed by atoms with Crippen LogP contribution in [0.15, 0.2) is 18.2 Å². The van der Waals surface area contributed by atoms with Crippen LogP contribution in [0.5, 0.6) is 0 Å². The minimum Gasteiger partial charge on any atom is -0.324 e. The van der Waals surface area contributed by atoms with E-state index in [2.05, 4.69) is 11.4 Å². The van der Waals surface area contributed by atoms with Crippen LogP contribution in [0, 0.1) is 40.9 Å². The van der Waals surface area contributed by atoms with Crippen molar-refractivity contribution in [1.29, 1.82) is 5.26 Å². The fourth-order valence-corrected chi connectivity index (χ4v) is 4.75. The number of fused-ring (bicyclic) bond motifs is 5. The number of nitrogens with zero attached hydrogens (tertiary/aromatic N) is 1. The number of amides is 1. The fourth-order valence-electron chi connectivity index (χ4n) is 4.58. The molecule has 4 heteroatoms. The Hall–Kier alpha value is -1.53. The predicted octanol–water partition coefficient (Wildman–Crippen LogP) is 3.44. The van der Waals surface area contributed by atoms with Gasteiger partial charge >= 0.3 is 0 Å². The van der Waals surface area contributed by atoms with Crippen LogP contribution in [0.1, 0.15) is 24.8 Å². The zero-order valence-electron chi connectivity index (χ0n) is 11.0. The highest BCUT2D eigenvalue weighted by molar-refractivity contribution is 6.33. The number of hydrogen-bond acceptors (Lipinski definition) is 2. The van der Waals surface area contributed by atoms with Crippen LogP contribution in [0.25, 0.3) is 0 Å². The summed E-state index contributed by atoms with van der Waals surface area (Å²) in [7, 11) is 0. The van der Waals surface area contributed by atoms with E-state index in [0.717, 1.165) is 11.8 Å². The molecule has 0 aliphatic heterocycles. The number of carbonyl (C=O) groups is 1. The van der Waals surface area contributed by atoms with Crippen molar-refractivity contribution >= 4 is 23.2 Å². The molecule has 1 aromatic rings. The highest BCUT2D eigenvalue weighted by atomic mass is 35.5. The van der Waals surface area contributed by atoms with Gasteiger partial charge in [0.2, 0.25) is 5.91 Å². The first-order valence-corrected chi connectivity index (χ1v) is 7.57. The second-order valence-corrected chi connectivity index (χ2v) is 6.72. The topological polar surface area (TPSA) is 52.9 Å². The lowest BCUT2D eigenvalue weighted by molar-refractivity contribution is -0.118. The molecular weight excluding hydrogens is 272 g/mol. The Labute approximate surface area is 122 Å². The van der Waals surface area contributed by atoms with Gasteiger partial charge in [-0.3, -0.25) is 4.79 Å². The second kappa shape index (κ2) is 4.23. The van der Waals surface area contributed by atoms with E-state index in [0.29, 0.717) is 28.1 Å². The molecule has 3 aliphatic carbocycles. The Morgan fingerprint density at radius 1 is 1.30 bits per heavy atom. The molecule has 3 aliphatic rings. The van der Waals surface area contributed by atoms with Gasteiger partial charge in [-0.25, -0.2) is 0 Å². The highest BCUT2D eigenvalue weighted by Crippen LogP contribution is 2.69. The molecule has 20 heavy (non-hydrogen) atoms. The average molecular weight is 287 g/mol. The van der Waals surface area contributed by atoms with Gasteiger partial charge in [0.25, 0.3) is 0 Å². The van der Waals surface area contributed by atoms with Crippen molar-refractivity contribution in [2.75, 3.05) is 5.32 Å². The summed E-state index contributed by atoms with van der Waals surface area (Å²) in [5.74, 6) is 3.07. The molecule has 3 nitrogen and oxygen atoms in total. The van der Waals surface area contributed by atoms with Crippen LogP contribution in [0.2, 0.25) is 5.02 Å². The van der Waals surface area contributed by atoms with Gasteiger partial charge in [0.15, 0.2) is 0 Å². The molecule has 0 radical (unpaired) electrons. The fraction of sp³-hybridized carbons (Fsp3) is 0.500. The van der Waals surface area contributed by atoms with Gasteiger partial charge in [-0.05, 0) is 61.1 Å². The number of nitrogens with one attached hydrogen (secondary N) is 1. The molecule has 3 saturated carbocycles. The van der Waals surface area contributed by atoms with Gasteiger partial charge in [-0.1, -0.05) is 11.6 Å². The van der Waals surface area contributed by atoms with E-state index in [9.17, 15) is 4.79 Å². The van der Waals surface area contributed by atoms with Gasteiger partial charge in [-0.15, -0.1) is 0 Å². The maximum atomic E-state index is 12.4. The lowest BCUT2D eigenvalue weighted by Gasteiger charge is -2.11. The van der Waals surface area contributed by atoms with E-state index < -0.39 is 0 Å². The highest BCUT2D eigenvalue weighted by Gasteiger charge is 2.67. The summed E-state index contributed by atoms with van der Waals surface area (Å²) in [5, 5.41) is 12.3. The summed E-state index contributed by atoms with van der Waals surface area (Å²) in [6, 6.07) is 7.03. The normalized spacial score (nSPS) is 36.3. The number of benzene rings is 1. The molecule has 2 bridgehead atoms. The molecule has 4 unspecified atom stereocenters. The summed E-state index contributed by atoms with van der Waals surface area (Å²) < 4.78 is 0. The predicted molar refractivity (Wildman–Crippen MR) is 76.1 cm³/mol. The summed E-state index contributed by atoms with van der Waals surface area (Å²) in [6.45, 7) is 0. The third kappa shape index (κ3) is 1.68. The van der Waals surface area contributed by atoms with E-state index >= 15 is 0 Å². The monoisotopic (exact) mass is 286 g/mol. The van der Waals surface area contributed by atoms with Crippen molar-refractivity contribution in [3.63, 3.8) is 0 Å². The first-order valence-electron chi connectivity index (χ1n) is 7.19. The molecule has 3 fully saturated rings. The number of rotatable bonds is 2. The smallest absolute Gasteiger partial charge is 0.228 e. The summed E-state index contributed by atoms with van der Waals surface area (Å²) >= 11 is 6.09. The summed E-state index contributed by atoms with van der Waals surface area (Å²) in [4.78, 5) is 12.4. The van der Waals surface area contributed by atoms with Crippen LogP contribution in [-0.4, -0.2) is 5.91 Å². The van der Waals surface area contributed by atoms with Crippen molar-refractivity contribution in [3.8, 4) is 6.07 Å². The Kier molecular flexibility index (Phi) is 2.59. The number of hydrogen-bond donors (Lipinski definition) is 1. The summed E-state index contributed by atoms with van der Waals surface area (Å²) in [5.41, 5.74) is 1.08. The van der Waals surface area contributed by atoms with Gasteiger partial charge in [-0.2, -0.15) is 5.26 Å². The molecule has 4 atom stereocenters. The van der Waals surface area contributed by atoms with E-state index in [1.165, 1.54) is 19.3 Å². The number of carbonyl (C=O) groups excluding carboxylic acids is 1. The lowest BCUT2D eigenvalue weighted by atomic mass is 10.0. The Morgan fingerprint density at radius 2 is 2.00 bits per heavy atom. The Morgan fingerprint density at radius 3 is 2.65 bits per heavy atom.